The van der Waals surface area contributed by atoms with Crippen molar-refractivity contribution in [2.24, 2.45) is 5.41 Å². The Balaban J connectivity index is 1.42. The first kappa shape index (κ1) is 15.2. The average Bonchev–Trinajstić information content (AvgIpc) is 3.25. The summed E-state index contributed by atoms with van der Waals surface area (Å²) in [6.45, 7) is 4.15. The molecule has 1 amide bonds. The van der Waals surface area contributed by atoms with Gasteiger partial charge in [0.15, 0.2) is 0 Å². The van der Waals surface area contributed by atoms with E-state index in [9.17, 15) is 4.79 Å². The van der Waals surface area contributed by atoms with Crippen LogP contribution in [0.25, 0.3) is 0 Å². The van der Waals surface area contributed by atoms with Crippen LogP contribution in [0.2, 0.25) is 0 Å². The van der Waals surface area contributed by atoms with Gasteiger partial charge in [-0.1, -0.05) is 25.0 Å². The van der Waals surface area contributed by atoms with Gasteiger partial charge < -0.3 is 10.2 Å². The molecule has 1 saturated carbocycles. The second kappa shape index (κ2) is 6.27. The van der Waals surface area contributed by atoms with Crippen molar-refractivity contribution in [3.8, 4) is 0 Å². The van der Waals surface area contributed by atoms with Crippen molar-refractivity contribution in [2.45, 2.75) is 50.9 Å². The van der Waals surface area contributed by atoms with E-state index in [-0.39, 0.29) is 5.91 Å². The van der Waals surface area contributed by atoms with E-state index in [1.165, 1.54) is 50.5 Å². The third kappa shape index (κ3) is 3.03. The Morgan fingerprint density at radius 2 is 1.87 bits per heavy atom. The Morgan fingerprint density at radius 1 is 1.09 bits per heavy atom. The molecule has 2 aliphatic heterocycles. The highest BCUT2D eigenvalue weighted by atomic mass is 16.2. The lowest BCUT2D eigenvalue weighted by atomic mass is 9.86. The number of likely N-dealkylation sites (tertiary alicyclic amines) is 1. The summed E-state index contributed by atoms with van der Waals surface area (Å²) in [5, 5.41) is 3.47. The summed E-state index contributed by atoms with van der Waals surface area (Å²) >= 11 is 0. The van der Waals surface area contributed by atoms with E-state index < -0.39 is 0 Å². The zero-order valence-corrected chi connectivity index (χ0v) is 14.0. The summed E-state index contributed by atoms with van der Waals surface area (Å²) in [6, 6.07) is 8.44. The normalized spacial score (nSPS) is 26.8. The van der Waals surface area contributed by atoms with Crippen LogP contribution >= 0.6 is 0 Å². The van der Waals surface area contributed by atoms with Crippen LogP contribution in [-0.4, -0.2) is 37.0 Å². The van der Waals surface area contributed by atoms with Crippen molar-refractivity contribution in [2.75, 3.05) is 26.2 Å². The highest BCUT2D eigenvalue weighted by Gasteiger charge is 2.41. The van der Waals surface area contributed by atoms with Gasteiger partial charge in [-0.05, 0) is 67.7 Å². The molecular weight excluding hydrogens is 284 g/mol. The first-order valence-electron chi connectivity index (χ1n) is 9.36. The van der Waals surface area contributed by atoms with Crippen LogP contribution in [0.3, 0.4) is 0 Å². The number of hydrogen-bond donors (Lipinski definition) is 1. The third-order valence-corrected chi connectivity index (χ3v) is 6.32. The molecule has 1 spiro atoms. The standard InChI is InChI=1S/C20H28N2O/c23-19(22-13-11-20(15-22)9-1-2-10-20)17-7-5-16(6-8-17)18-4-3-12-21-14-18/h5-8,18,21H,1-4,9-15H2. The SMILES string of the molecule is O=C(c1ccc(C2CCCNC2)cc1)N1CCC2(CCCC2)C1. The molecule has 4 rings (SSSR count). The lowest BCUT2D eigenvalue weighted by molar-refractivity contribution is 0.0773. The van der Waals surface area contributed by atoms with Crippen molar-refractivity contribution in [3.05, 3.63) is 35.4 Å². The van der Waals surface area contributed by atoms with Gasteiger partial charge in [-0.25, -0.2) is 0 Å². The van der Waals surface area contributed by atoms with Crippen molar-refractivity contribution in [1.82, 2.24) is 10.2 Å². The first-order chi connectivity index (χ1) is 11.3. The Labute approximate surface area is 139 Å². The van der Waals surface area contributed by atoms with Gasteiger partial charge in [-0.2, -0.15) is 0 Å². The zero-order valence-electron chi connectivity index (χ0n) is 14.0. The molecule has 0 aromatic heterocycles. The molecule has 1 unspecified atom stereocenters. The van der Waals surface area contributed by atoms with Crippen LogP contribution in [-0.2, 0) is 0 Å². The number of amides is 1. The summed E-state index contributed by atoms with van der Waals surface area (Å²) in [4.78, 5) is 14.9. The minimum absolute atomic E-state index is 0.238. The molecule has 2 heterocycles. The molecule has 1 aromatic rings. The molecule has 3 fully saturated rings. The Hall–Kier alpha value is -1.35. The second-order valence-corrected chi connectivity index (χ2v) is 7.85. The van der Waals surface area contributed by atoms with Gasteiger partial charge >= 0.3 is 0 Å². The van der Waals surface area contributed by atoms with Gasteiger partial charge in [0.1, 0.15) is 0 Å². The van der Waals surface area contributed by atoms with Gasteiger partial charge in [0.05, 0.1) is 0 Å². The molecule has 1 aromatic carbocycles. The number of piperidine rings is 1. The number of rotatable bonds is 2. The van der Waals surface area contributed by atoms with Crippen LogP contribution in [0, 0.1) is 5.41 Å². The van der Waals surface area contributed by atoms with Crippen LogP contribution in [0.15, 0.2) is 24.3 Å². The summed E-state index contributed by atoms with van der Waals surface area (Å²) in [6.07, 6.45) is 9.08. The summed E-state index contributed by atoms with van der Waals surface area (Å²) in [5.74, 6) is 0.851. The number of hydrogen-bond acceptors (Lipinski definition) is 2. The number of benzene rings is 1. The molecule has 124 valence electrons. The average molecular weight is 312 g/mol. The number of carbonyl (C=O) groups excluding carboxylic acids is 1. The lowest BCUT2D eigenvalue weighted by Crippen LogP contribution is -2.31. The molecule has 3 heteroatoms. The molecule has 0 radical (unpaired) electrons. The van der Waals surface area contributed by atoms with Gasteiger partial charge in [-0.15, -0.1) is 0 Å². The Morgan fingerprint density at radius 3 is 2.57 bits per heavy atom. The molecule has 1 N–H and O–H groups in total. The smallest absolute Gasteiger partial charge is 0.253 e. The van der Waals surface area contributed by atoms with Gasteiger partial charge in [0.2, 0.25) is 0 Å². The quantitative estimate of drug-likeness (QED) is 0.905. The lowest BCUT2D eigenvalue weighted by Gasteiger charge is -2.24. The summed E-state index contributed by atoms with van der Waals surface area (Å²) in [5.41, 5.74) is 2.71. The molecule has 3 aliphatic rings. The van der Waals surface area contributed by atoms with E-state index in [0.29, 0.717) is 11.3 Å². The molecular formula is C20H28N2O. The van der Waals surface area contributed by atoms with Crippen LogP contribution < -0.4 is 5.32 Å². The van der Waals surface area contributed by atoms with E-state index in [4.69, 9.17) is 0 Å². The minimum Gasteiger partial charge on any atom is -0.338 e. The monoisotopic (exact) mass is 312 g/mol. The van der Waals surface area contributed by atoms with E-state index in [2.05, 4.69) is 22.3 Å². The maximum atomic E-state index is 12.8. The topological polar surface area (TPSA) is 32.3 Å². The molecule has 0 bridgehead atoms. The number of nitrogens with zero attached hydrogens (tertiary/aromatic N) is 1. The highest BCUT2D eigenvalue weighted by molar-refractivity contribution is 5.94. The first-order valence-corrected chi connectivity index (χ1v) is 9.36. The van der Waals surface area contributed by atoms with Crippen molar-refractivity contribution in [1.29, 1.82) is 0 Å². The predicted molar refractivity (Wildman–Crippen MR) is 92.7 cm³/mol. The van der Waals surface area contributed by atoms with E-state index in [1.807, 2.05) is 12.1 Å². The van der Waals surface area contributed by atoms with Gasteiger partial charge in [0, 0.05) is 25.2 Å². The van der Waals surface area contributed by atoms with Crippen molar-refractivity contribution in [3.63, 3.8) is 0 Å². The molecule has 1 atom stereocenters. The minimum atomic E-state index is 0.238. The van der Waals surface area contributed by atoms with E-state index >= 15 is 0 Å². The predicted octanol–water partition coefficient (Wildman–Crippen LogP) is 3.56. The van der Waals surface area contributed by atoms with Crippen molar-refractivity contribution >= 4 is 5.91 Å². The fourth-order valence-corrected chi connectivity index (χ4v) is 4.86. The van der Waals surface area contributed by atoms with Crippen LogP contribution in [0.5, 0.6) is 0 Å². The Bertz CT molecular complexity index is 554. The Kier molecular flexibility index (Phi) is 4.14. The summed E-state index contributed by atoms with van der Waals surface area (Å²) < 4.78 is 0. The van der Waals surface area contributed by atoms with Gasteiger partial charge in [-0.3, -0.25) is 4.79 Å². The summed E-state index contributed by atoms with van der Waals surface area (Å²) in [7, 11) is 0. The fraction of sp³-hybridized carbons (Fsp3) is 0.650. The second-order valence-electron chi connectivity index (χ2n) is 7.85. The van der Waals surface area contributed by atoms with Gasteiger partial charge in [0.25, 0.3) is 5.91 Å². The molecule has 23 heavy (non-hydrogen) atoms. The fourth-order valence-electron chi connectivity index (χ4n) is 4.86. The maximum Gasteiger partial charge on any atom is 0.253 e. The number of nitrogens with one attached hydrogen (secondary N) is 1. The van der Waals surface area contributed by atoms with E-state index in [0.717, 1.165) is 31.7 Å². The largest absolute Gasteiger partial charge is 0.338 e. The van der Waals surface area contributed by atoms with Crippen LogP contribution in [0.4, 0.5) is 0 Å². The molecule has 1 aliphatic carbocycles. The third-order valence-electron chi connectivity index (χ3n) is 6.32. The van der Waals surface area contributed by atoms with Crippen LogP contribution in [0.1, 0.15) is 66.8 Å². The molecule has 2 saturated heterocycles. The number of carbonyl (C=O) groups is 1. The molecule has 3 nitrogen and oxygen atoms in total. The zero-order chi connectivity index (χ0) is 15.7. The maximum absolute atomic E-state index is 12.8. The van der Waals surface area contributed by atoms with Crippen molar-refractivity contribution < 1.29 is 4.79 Å². The van der Waals surface area contributed by atoms with E-state index in [1.54, 1.807) is 0 Å². The highest BCUT2D eigenvalue weighted by Crippen LogP contribution is 2.45.